The molecule has 0 aliphatic heterocycles. The molecule has 138 valence electrons. The summed E-state index contributed by atoms with van der Waals surface area (Å²) < 4.78 is 26.7. The van der Waals surface area contributed by atoms with Gasteiger partial charge in [0.05, 0.1) is 6.42 Å². The summed E-state index contributed by atoms with van der Waals surface area (Å²) in [6.45, 7) is 1.79. The van der Waals surface area contributed by atoms with E-state index in [1.807, 2.05) is 0 Å². The number of aromatic nitrogens is 1. The van der Waals surface area contributed by atoms with Gasteiger partial charge in [-0.1, -0.05) is 31.2 Å². The Hall–Kier alpha value is -2.58. The molecule has 2 rings (SSSR count). The number of rotatable bonds is 9. The third-order valence-electron chi connectivity index (χ3n) is 3.82. The Kier molecular flexibility index (Phi) is 6.59. The second-order valence-corrected chi connectivity index (χ2v) is 7.66. The van der Waals surface area contributed by atoms with Gasteiger partial charge in [-0.05, 0) is 24.1 Å². The van der Waals surface area contributed by atoms with Crippen molar-refractivity contribution in [3.8, 4) is 0 Å². The number of carbonyl (C=O) groups excluding carboxylic acids is 1. The summed E-state index contributed by atoms with van der Waals surface area (Å²) in [5.74, 6) is -1.83. The Labute approximate surface area is 152 Å². The van der Waals surface area contributed by atoms with Crippen molar-refractivity contribution >= 4 is 21.8 Å². The van der Waals surface area contributed by atoms with Crippen LogP contribution in [-0.4, -0.2) is 36.8 Å². The lowest BCUT2D eigenvalue weighted by Gasteiger charge is -2.09. The molecule has 0 radical (unpaired) electrons. The van der Waals surface area contributed by atoms with E-state index in [1.54, 1.807) is 37.3 Å². The standard InChI is InChI=1S/C18H20N2O5S/c1-13(11-17(21)22)18(23)15-6-4-14(5-7-15)8-10-20-26(24,25)16-3-2-9-19-12-16/h2-7,9,12-13,20H,8,10-11H2,1H3,(H,21,22). The summed E-state index contributed by atoms with van der Waals surface area (Å²) in [6.07, 6.45) is 3.02. The third-order valence-corrected chi connectivity index (χ3v) is 5.26. The highest BCUT2D eigenvalue weighted by atomic mass is 32.2. The summed E-state index contributed by atoms with van der Waals surface area (Å²) in [6, 6.07) is 9.75. The second-order valence-electron chi connectivity index (χ2n) is 5.90. The van der Waals surface area contributed by atoms with E-state index < -0.39 is 21.9 Å². The maximum Gasteiger partial charge on any atom is 0.304 e. The Balaban J connectivity index is 1.91. The number of ketones is 1. The minimum atomic E-state index is -3.60. The van der Waals surface area contributed by atoms with Crippen LogP contribution in [0, 0.1) is 5.92 Å². The number of carbonyl (C=O) groups is 2. The smallest absolute Gasteiger partial charge is 0.304 e. The summed E-state index contributed by atoms with van der Waals surface area (Å²) in [5, 5.41) is 8.76. The first-order chi connectivity index (χ1) is 12.3. The molecule has 0 spiro atoms. The minimum absolute atomic E-state index is 0.105. The van der Waals surface area contributed by atoms with Crippen LogP contribution in [0.15, 0.2) is 53.7 Å². The van der Waals surface area contributed by atoms with Crippen molar-refractivity contribution in [2.24, 2.45) is 5.92 Å². The van der Waals surface area contributed by atoms with Gasteiger partial charge in [-0.25, -0.2) is 13.1 Å². The third kappa shape index (κ3) is 5.47. The fraction of sp³-hybridized carbons (Fsp3) is 0.278. The van der Waals surface area contributed by atoms with Gasteiger partial charge in [0.1, 0.15) is 4.90 Å². The van der Waals surface area contributed by atoms with Crippen LogP contribution < -0.4 is 4.72 Å². The Morgan fingerprint density at radius 2 is 1.88 bits per heavy atom. The summed E-state index contributed by atoms with van der Waals surface area (Å²) in [4.78, 5) is 26.7. The second kappa shape index (κ2) is 8.68. The predicted octanol–water partition coefficient (Wildman–Crippen LogP) is 1.90. The van der Waals surface area contributed by atoms with Crippen LogP contribution in [0.1, 0.15) is 29.3 Å². The zero-order chi connectivity index (χ0) is 19.2. The molecule has 0 aliphatic rings. The van der Waals surface area contributed by atoms with Crippen LogP contribution in [0.25, 0.3) is 0 Å². The van der Waals surface area contributed by atoms with Gasteiger partial charge in [-0.2, -0.15) is 0 Å². The summed E-state index contributed by atoms with van der Waals surface area (Å²) >= 11 is 0. The number of sulfonamides is 1. The monoisotopic (exact) mass is 376 g/mol. The van der Waals surface area contributed by atoms with Crippen LogP contribution in [0.2, 0.25) is 0 Å². The first-order valence-electron chi connectivity index (χ1n) is 8.04. The average molecular weight is 376 g/mol. The number of aliphatic carboxylic acids is 1. The fourth-order valence-corrected chi connectivity index (χ4v) is 3.39. The van der Waals surface area contributed by atoms with Gasteiger partial charge in [-0.3, -0.25) is 14.6 Å². The van der Waals surface area contributed by atoms with Gasteiger partial charge >= 0.3 is 5.97 Å². The van der Waals surface area contributed by atoms with Crippen molar-refractivity contribution in [3.05, 3.63) is 59.9 Å². The molecule has 0 saturated heterocycles. The molecular weight excluding hydrogens is 356 g/mol. The molecule has 0 bridgehead atoms. The van der Waals surface area contributed by atoms with E-state index in [4.69, 9.17) is 5.11 Å². The molecule has 1 atom stereocenters. The van der Waals surface area contributed by atoms with E-state index in [1.165, 1.54) is 18.5 Å². The molecule has 0 saturated carbocycles. The van der Waals surface area contributed by atoms with E-state index in [-0.39, 0.29) is 23.6 Å². The quantitative estimate of drug-likeness (QED) is 0.646. The zero-order valence-corrected chi connectivity index (χ0v) is 15.1. The summed E-state index contributed by atoms with van der Waals surface area (Å²) in [7, 11) is -3.60. The fourth-order valence-electron chi connectivity index (χ4n) is 2.39. The predicted molar refractivity (Wildman–Crippen MR) is 95.3 cm³/mol. The Morgan fingerprint density at radius 1 is 1.19 bits per heavy atom. The Bertz CT molecular complexity index is 864. The van der Waals surface area contributed by atoms with Crippen LogP contribution >= 0.6 is 0 Å². The molecule has 1 aromatic heterocycles. The van der Waals surface area contributed by atoms with E-state index in [0.29, 0.717) is 12.0 Å². The highest BCUT2D eigenvalue weighted by Crippen LogP contribution is 2.14. The van der Waals surface area contributed by atoms with Gasteiger partial charge in [0.25, 0.3) is 0 Å². The number of Topliss-reactive ketones (excluding diaryl/α,β-unsaturated/α-hetero) is 1. The van der Waals surface area contributed by atoms with Gasteiger partial charge in [0, 0.05) is 30.4 Å². The van der Waals surface area contributed by atoms with Crippen molar-refractivity contribution < 1.29 is 23.1 Å². The number of benzene rings is 1. The molecule has 8 heteroatoms. The van der Waals surface area contributed by atoms with E-state index in [9.17, 15) is 18.0 Å². The number of pyridine rings is 1. The van der Waals surface area contributed by atoms with Crippen LogP contribution in [0.5, 0.6) is 0 Å². The normalized spacial score (nSPS) is 12.5. The van der Waals surface area contributed by atoms with Crippen molar-refractivity contribution in [1.29, 1.82) is 0 Å². The Morgan fingerprint density at radius 3 is 2.46 bits per heavy atom. The van der Waals surface area contributed by atoms with Crippen molar-refractivity contribution in [2.75, 3.05) is 6.54 Å². The number of carboxylic acid groups (broad SMARTS) is 1. The van der Waals surface area contributed by atoms with E-state index >= 15 is 0 Å². The van der Waals surface area contributed by atoms with E-state index in [2.05, 4.69) is 9.71 Å². The number of carboxylic acids is 1. The number of hydrogen-bond donors (Lipinski definition) is 2. The molecule has 1 heterocycles. The van der Waals surface area contributed by atoms with Crippen LogP contribution in [-0.2, 0) is 21.2 Å². The lowest BCUT2D eigenvalue weighted by molar-refractivity contribution is -0.137. The highest BCUT2D eigenvalue weighted by molar-refractivity contribution is 7.89. The first-order valence-corrected chi connectivity index (χ1v) is 9.52. The van der Waals surface area contributed by atoms with E-state index in [0.717, 1.165) is 5.56 Å². The largest absolute Gasteiger partial charge is 0.481 e. The minimum Gasteiger partial charge on any atom is -0.481 e. The number of nitrogens with one attached hydrogen (secondary N) is 1. The van der Waals surface area contributed by atoms with Gasteiger partial charge in [0.2, 0.25) is 10.0 Å². The molecule has 26 heavy (non-hydrogen) atoms. The molecular formula is C18H20N2O5S. The molecule has 7 nitrogen and oxygen atoms in total. The molecule has 0 aliphatic carbocycles. The SMILES string of the molecule is CC(CC(=O)O)C(=O)c1ccc(CCNS(=O)(=O)c2cccnc2)cc1. The van der Waals surface area contributed by atoms with Crippen molar-refractivity contribution in [2.45, 2.75) is 24.7 Å². The molecule has 2 N–H and O–H groups in total. The topological polar surface area (TPSA) is 113 Å². The molecule has 0 fully saturated rings. The zero-order valence-electron chi connectivity index (χ0n) is 14.3. The van der Waals surface area contributed by atoms with Gasteiger partial charge < -0.3 is 5.11 Å². The molecule has 0 amide bonds. The maximum absolute atomic E-state index is 12.1. The van der Waals surface area contributed by atoms with Crippen LogP contribution in [0.4, 0.5) is 0 Å². The lowest BCUT2D eigenvalue weighted by atomic mass is 9.95. The molecule has 1 unspecified atom stereocenters. The molecule has 2 aromatic rings. The van der Waals surface area contributed by atoms with Crippen LogP contribution in [0.3, 0.4) is 0 Å². The van der Waals surface area contributed by atoms with Gasteiger partial charge in [-0.15, -0.1) is 0 Å². The lowest BCUT2D eigenvalue weighted by Crippen LogP contribution is -2.26. The maximum atomic E-state index is 12.1. The number of hydrogen-bond acceptors (Lipinski definition) is 5. The number of nitrogens with zero attached hydrogens (tertiary/aromatic N) is 1. The highest BCUT2D eigenvalue weighted by Gasteiger charge is 2.18. The molecule has 1 aromatic carbocycles. The van der Waals surface area contributed by atoms with Crippen molar-refractivity contribution in [3.63, 3.8) is 0 Å². The van der Waals surface area contributed by atoms with Gasteiger partial charge in [0.15, 0.2) is 5.78 Å². The average Bonchev–Trinajstić information content (AvgIpc) is 2.62. The van der Waals surface area contributed by atoms with Crippen molar-refractivity contribution in [1.82, 2.24) is 9.71 Å². The summed E-state index contributed by atoms with van der Waals surface area (Å²) in [5.41, 5.74) is 1.31. The first kappa shape index (κ1) is 19.7.